The molecule has 0 radical (unpaired) electrons. The van der Waals surface area contributed by atoms with Gasteiger partial charge in [0.1, 0.15) is 21.5 Å². The van der Waals surface area contributed by atoms with Gasteiger partial charge in [0.15, 0.2) is 5.16 Å². The summed E-state index contributed by atoms with van der Waals surface area (Å²) in [5.41, 5.74) is 6.67. The predicted molar refractivity (Wildman–Crippen MR) is 130 cm³/mol. The van der Waals surface area contributed by atoms with Gasteiger partial charge in [-0.3, -0.25) is 9.69 Å². The second-order valence-electron chi connectivity index (χ2n) is 9.45. The third-order valence-corrected chi connectivity index (χ3v) is 8.82. The predicted octanol–water partition coefficient (Wildman–Crippen LogP) is 4.04. The van der Waals surface area contributed by atoms with Gasteiger partial charge >= 0.3 is 0 Å². The molecular weight excluding hydrogens is 454 g/mol. The molecule has 176 valence electrons. The average molecular weight is 486 g/mol. The van der Waals surface area contributed by atoms with Crippen molar-refractivity contribution in [2.24, 2.45) is 11.7 Å². The van der Waals surface area contributed by atoms with E-state index in [1.165, 1.54) is 35.0 Å². The first kappa shape index (κ1) is 22.7. The summed E-state index contributed by atoms with van der Waals surface area (Å²) in [4.78, 5) is 26.2. The van der Waals surface area contributed by atoms with Crippen molar-refractivity contribution < 1.29 is 4.79 Å². The Hall–Kier alpha value is -2.04. The topological polar surface area (TPSA) is 103 Å². The standard InChI is InChI=1S/C23H31N7OS2/c1-13-6-9-29(10-7-13)12-18-25-21-19(14(2)15(3)32-21)22(26-18)33-23-28-27-20(16-4-5-16)30(23)11-8-17(24)31/h13,16H,4-12H2,1-3H3,(H2,24,31). The summed E-state index contributed by atoms with van der Waals surface area (Å²) in [6.07, 6.45) is 4.98. The first-order chi connectivity index (χ1) is 15.9. The minimum absolute atomic E-state index is 0.278. The molecule has 2 aliphatic rings. The number of rotatable bonds is 8. The van der Waals surface area contributed by atoms with Gasteiger partial charge in [-0.2, -0.15) is 0 Å². The molecule has 1 saturated heterocycles. The van der Waals surface area contributed by atoms with Gasteiger partial charge in [-0.15, -0.1) is 21.5 Å². The van der Waals surface area contributed by atoms with Crippen molar-refractivity contribution in [2.75, 3.05) is 13.1 Å². The number of carbonyl (C=O) groups excluding carboxylic acids is 1. The van der Waals surface area contributed by atoms with E-state index < -0.39 is 0 Å². The number of aromatic nitrogens is 5. The van der Waals surface area contributed by atoms with Crippen LogP contribution in [0.1, 0.15) is 67.0 Å². The number of aryl methyl sites for hydroxylation is 2. The van der Waals surface area contributed by atoms with Crippen molar-refractivity contribution in [1.82, 2.24) is 29.6 Å². The largest absolute Gasteiger partial charge is 0.370 e. The van der Waals surface area contributed by atoms with Crippen LogP contribution in [0.15, 0.2) is 10.2 Å². The Labute approximate surface area is 202 Å². The lowest BCUT2D eigenvalue weighted by molar-refractivity contribution is -0.118. The number of hydrogen-bond donors (Lipinski definition) is 1. The van der Waals surface area contributed by atoms with E-state index in [-0.39, 0.29) is 12.3 Å². The quantitative estimate of drug-likeness (QED) is 0.480. The molecule has 0 spiro atoms. The Morgan fingerprint density at radius 1 is 1.15 bits per heavy atom. The van der Waals surface area contributed by atoms with Crippen LogP contribution in [0.5, 0.6) is 0 Å². The highest BCUT2D eigenvalue weighted by molar-refractivity contribution is 7.99. The number of piperidine rings is 1. The van der Waals surface area contributed by atoms with E-state index in [2.05, 4.69) is 40.4 Å². The van der Waals surface area contributed by atoms with Gasteiger partial charge in [0.25, 0.3) is 0 Å². The minimum atomic E-state index is -0.312. The highest BCUT2D eigenvalue weighted by Crippen LogP contribution is 2.42. The van der Waals surface area contributed by atoms with Crippen molar-refractivity contribution in [2.45, 2.75) is 82.1 Å². The molecule has 8 nitrogen and oxygen atoms in total. The lowest BCUT2D eigenvalue weighted by Gasteiger charge is -2.29. The van der Waals surface area contributed by atoms with Crippen LogP contribution in [0.2, 0.25) is 0 Å². The molecule has 10 heteroatoms. The molecule has 0 aromatic carbocycles. The number of fused-ring (bicyclic) bond motifs is 1. The number of amides is 1. The smallest absolute Gasteiger partial charge is 0.219 e. The molecule has 0 atom stereocenters. The summed E-state index contributed by atoms with van der Waals surface area (Å²) < 4.78 is 2.07. The van der Waals surface area contributed by atoms with Crippen LogP contribution >= 0.6 is 23.1 Å². The lowest BCUT2D eigenvalue weighted by Crippen LogP contribution is -2.33. The fraction of sp³-hybridized carbons (Fsp3) is 0.609. The Balaban J connectivity index is 1.49. The van der Waals surface area contributed by atoms with Crippen LogP contribution in [0.3, 0.4) is 0 Å². The van der Waals surface area contributed by atoms with Gasteiger partial charge in [0, 0.05) is 29.1 Å². The number of carbonyl (C=O) groups is 1. The number of nitrogens with two attached hydrogens (primary N) is 1. The summed E-state index contributed by atoms with van der Waals surface area (Å²) in [5, 5.41) is 11.8. The molecule has 1 aliphatic heterocycles. The third-order valence-electron chi connectivity index (χ3n) is 6.74. The van der Waals surface area contributed by atoms with Gasteiger partial charge < -0.3 is 10.3 Å². The molecule has 1 aliphatic carbocycles. The van der Waals surface area contributed by atoms with E-state index in [1.807, 2.05) is 0 Å². The van der Waals surface area contributed by atoms with Crippen molar-refractivity contribution in [1.29, 1.82) is 0 Å². The summed E-state index contributed by atoms with van der Waals surface area (Å²) in [6, 6.07) is 0. The first-order valence-electron chi connectivity index (χ1n) is 11.8. The summed E-state index contributed by atoms with van der Waals surface area (Å²) >= 11 is 3.27. The Kier molecular flexibility index (Phi) is 6.41. The number of thiophene rings is 1. The molecule has 1 amide bonds. The molecule has 5 rings (SSSR count). The van der Waals surface area contributed by atoms with E-state index in [0.29, 0.717) is 12.5 Å². The number of nitrogens with zero attached hydrogens (tertiary/aromatic N) is 6. The van der Waals surface area contributed by atoms with Crippen LogP contribution in [-0.4, -0.2) is 48.6 Å². The molecule has 3 aromatic rings. The van der Waals surface area contributed by atoms with Crippen LogP contribution in [-0.2, 0) is 17.9 Å². The van der Waals surface area contributed by atoms with Crippen molar-refractivity contribution in [3.63, 3.8) is 0 Å². The van der Waals surface area contributed by atoms with Crippen LogP contribution < -0.4 is 5.73 Å². The molecule has 0 bridgehead atoms. The maximum atomic E-state index is 11.5. The Bertz CT molecular complexity index is 1180. The number of primary amides is 1. The monoisotopic (exact) mass is 485 g/mol. The van der Waals surface area contributed by atoms with Gasteiger partial charge in [-0.05, 0) is 75.9 Å². The van der Waals surface area contributed by atoms with E-state index >= 15 is 0 Å². The fourth-order valence-electron chi connectivity index (χ4n) is 4.36. The SMILES string of the molecule is Cc1sc2nc(CN3CCC(C)CC3)nc(Sc3nnc(C4CC4)n3CCC(N)=O)c2c1C. The van der Waals surface area contributed by atoms with Crippen LogP contribution in [0.4, 0.5) is 0 Å². The van der Waals surface area contributed by atoms with Gasteiger partial charge in [-0.25, -0.2) is 9.97 Å². The van der Waals surface area contributed by atoms with Gasteiger partial charge in [0.2, 0.25) is 5.91 Å². The van der Waals surface area contributed by atoms with E-state index in [1.54, 1.807) is 11.3 Å². The Morgan fingerprint density at radius 2 is 1.91 bits per heavy atom. The molecule has 2 N–H and O–H groups in total. The molecule has 3 aromatic heterocycles. The summed E-state index contributed by atoms with van der Waals surface area (Å²) in [5.74, 6) is 2.75. The second-order valence-corrected chi connectivity index (χ2v) is 11.6. The summed E-state index contributed by atoms with van der Waals surface area (Å²) in [7, 11) is 0. The maximum Gasteiger partial charge on any atom is 0.219 e. The van der Waals surface area contributed by atoms with Crippen molar-refractivity contribution in [3.05, 3.63) is 22.1 Å². The van der Waals surface area contributed by atoms with Crippen molar-refractivity contribution >= 4 is 39.2 Å². The second kappa shape index (κ2) is 9.31. The zero-order chi connectivity index (χ0) is 23.1. The highest BCUT2D eigenvalue weighted by atomic mass is 32.2. The van der Waals surface area contributed by atoms with Gasteiger partial charge in [0.05, 0.1) is 6.54 Å². The zero-order valence-electron chi connectivity index (χ0n) is 19.5. The molecule has 1 saturated carbocycles. The third kappa shape index (κ3) is 4.93. The lowest BCUT2D eigenvalue weighted by atomic mass is 9.99. The van der Waals surface area contributed by atoms with E-state index in [0.717, 1.165) is 70.4 Å². The molecule has 33 heavy (non-hydrogen) atoms. The minimum Gasteiger partial charge on any atom is -0.370 e. The fourth-order valence-corrected chi connectivity index (χ4v) is 6.52. The van der Waals surface area contributed by atoms with E-state index in [9.17, 15) is 4.79 Å². The zero-order valence-corrected chi connectivity index (χ0v) is 21.1. The average Bonchev–Trinajstić information content (AvgIpc) is 3.48. The molecular formula is C23H31N7OS2. The molecule has 4 heterocycles. The van der Waals surface area contributed by atoms with Gasteiger partial charge in [-0.1, -0.05) is 6.92 Å². The maximum absolute atomic E-state index is 11.5. The number of hydrogen-bond acceptors (Lipinski definition) is 8. The number of likely N-dealkylation sites (tertiary alicyclic amines) is 1. The highest BCUT2D eigenvalue weighted by Gasteiger charge is 2.31. The normalized spacial score (nSPS) is 17.8. The van der Waals surface area contributed by atoms with Crippen molar-refractivity contribution in [3.8, 4) is 0 Å². The molecule has 0 unspecified atom stereocenters. The summed E-state index contributed by atoms with van der Waals surface area (Å²) in [6.45, 7) is 10.1. The van der Waals surface area contributed by atoms with Crippen LogP contribution in [0, 0.1) is 19.8 Å². The first-order valence-corrected chi connectivity index (χ1v) is 13.4. The Morgan fingerprint density at radius 3 is 2.61 bits per heavy atom. The van der Waals surface area contributed by atoms with Crippen LogP contribution in [0.25, 0.3) is 10.2 Å². The molecule has 2 fully saturated rings. The van der Waals surface area contributed by atoms with E-state index in [4.69, 9.17) is 15.7 Å².